The first kappa shape index (κ1) is 15.5. The molecule has 4 heteroatoms. The molecule has 0 spiro atoms. The number of rotatable bonds is 5. The Kier molecular flexibility index (Phi) is 4.91. The molecule has 0 aliphatic heterocycles. The molecular formula is C19H22N2O2. The van der Waals surface area contributed by atoms with Gasteiger partial charge in [-0.25, -0.2) is 0 Å². The fourth-order valence-corrected chi connectivity index (χ4v) is 2.93. The molecule has 120 valence electrons. The Morgan fingerprint density at radius 2 is 2.00 bits per heavy atom. The standard InChI is InChI=1S/C19H22N2O2/c1-14(19(22)21-13-15-9-11-20-12-10-15)23-18-8-4-6-16-5-2-3-7-17(16)18/h4,6,8-12,14H,2-3,5,7,13H2,1H3,(H,21,22). The number of nitrogens with zero attached hydrogens (tertiary/aromatic N) is 1. The Hall–Kier alpha value is -2.36. The number of carbonyl (C=O) groups is 1. The van der Waals surface area contributed by atoms with Gasteiger partial charge in [0.2, 0.25) is 0 Å². The van der Waals surface area contributed by atoms with Crippen LogP contribution in [0.15, 0.2) is 42.7 Å². The molecule has 1 aromatic carbocycles. The summed E-state index contributed by atoms with van der Waals surface area (Å²) in [5.41, 5.74) is 3.66. The number of aromatic nitrogens is 1. The Labute approximate surface area is 136 Å². The van der Waals surface area contributed by atoms with Crippen LogP contribution in [0.25, 0.3) is 0 Å². The molecular weight excluding hydrogens is 288 g/mol. The minimum Gasteiger partial charge on any atom is -0.481 e. The van der Waals surface area contributed by atoms with Gasteiger partial charge < -0.3 is 10.1 Å². The fraction of sp³-hybridized carbons (Fsp3) is 0.368. The summed E-state index contributed by atoms with van der Waals surface area (Å²) in [4.78, 5) is 16.2. The summed E-state index contributed by atoms with van der Waals surface area (Å²) in [6, 6.07) is 9.92. The fourth-order valence-electron chi connectivity index (χ4n) is 2.93. The molecule has 0 fully saturated rings. The van der Waals surface area contributed by atoms with E-state index in [4.69, 9.17) is 4.74 Å². The summed E-state index contributed by atoms with van der Waals surface area (Å²) in [5.74, 6) is 0.754. The van der Waals surface area contributed by atoms with E-state index in [1.165, 1.54) is 24.0 Å². The lowest BCUT2D eigenvalue weighted by Crippen LogP contribution is -2.36. The van der Waals surface area contributed by atoms with Crippen molar-refractivity contribution in [1.82, 2.24) is 10.3 Å². The minimum absolute atomic E-state index is 0.102. The average Bonchev–Trinajstić information content (AvgIpc) is 2.61. The van der Waals surface area contributed by atoms with Crippen LogP contribution in [-0.2, 0) is 24.2 Å². The predicted molar refractivity (Wildman–Crippen MR) is 89.3 cm³/mol. The summed E-state index contributed by atoms with van der Waals surface area (Å²) in [7, 11) is 0. The maximum Gasteiger partial charge on any atom is 0.261 e. The molecule has 1 aromatic heterocycles. The van der Waals surface area contributed by atoms with Gasteiger partial charge in [-0.2, -0.15) is 0 Å². The van der Waals surface area contributed by atoms with Gasteiger partial charge in [0.05, 0.1) is 0 Å². The van der Waals surface area contributed by atoms with Gasteiger partial charge in [0.1, 0.15) is 5.75 Å². The Morgan fingerprint density at radius 1 is 1.22 bits per heavy atom. The number of benzene rings is 1. The molecule has 2 aromatic rings. The average molecular weight is 310 g/mol. The van der Waals surface area contributed by atoms with Crippen LogP contribution in [0.4, 0.5) is 0 Å². The summed E-state index contributed by atoms with van der Waals surface area (Å²) in [5, 5.41) is 2.91. The molecule has 1 aliphatic carbocycles. The van der Waals surface area contributed by atoms with Crippen molar-refractivity contribution in [3.8, 4) is 5.75 Å². The first-order valence-corrected chi connectivity index (χ1v) is 8.18. The van der Waals surface area contributed by atoms with Crippen LogP contribution in [0.2, 0.25) is 0 Å². The number of carbonyl (C=O) groups excluding carboxylic acids is 1. The van der Waals surface area contributed by atoms with Crippen LogP contribution in [-0.4, -0.2) is 17.0 Å². The molecule has 4 nitrogen and oxygen atoms in total. The molecule has 23 heavy (non-hydrogen) atoms. The van der Waals surface area contributed by atoms with Gasteiger partial charge in [-0.05, 0) is 67.5 Å². The van der Waals surface area contributed by atoms with E-state index in [2.05, 4.69) is 16.4 Å². The van der Waals surface area contributed by atoms with Crippen LogP contribution in [0.5, 0.6) is 5.75 Å². The third-order valence-corrected chi connectivity index (χ3v) is 4.24. The van der Waals surface area contributed by atoms with Gasteiger partial charge >= 0.3 is 0 Å². The second-order valence-corrected chi connectivity index (χ2v) is 5.93. The van der Waals surface area contributed by atoms with Crippen molar-refractivity contribution < 1.29 is 9.53 Å². The van der Waals surface area contributed by atoms with Crippen LogP contribution in [0.1, 0.15) is 36.5 Å². The third kappa shape index (κ3) is 3.89. The van der Waals surface area contributed by atoms with Gasteiger partial charge in [-0.15, -0.1) is 0 Å². The lowest BCUT2D eigenvalue weighted by atomic mass is 9.91. The van der Waals surface area contributed by atoms with E-state index in [1.807, 2.05) is 24.3 Å². The highest BCUT2D eigenvalue weighted by Crippen LogP contribution is 2.30. The van der Waals surface area contributed by atoms with Crippen molar-refractivity contribution in [2.75, 3.05) is 0 Å². The molecule has 0 radical (unpaired) electrons. The molecule has 1 heterocycles. The predicted octanol–water partition coefficient (Wildman–Crippen LogP) is 3.04. The van der Waals surface area contributed by atoms with Gasteiger partial charge in [-0.1, -0.05) is 12.1 Å². The number of aryl methyl sites for hydroxylation is 1. The monoisotopic (exact) mass is 310 g/mol. The van der Waals surface area contributed by atoms with Crippen molar-refractivity contribution in [2.45, 2.75) is 45.3 Å². The van der Waals surface area contributed by atoms with Crippen molar-refractivity contribution in [3.05, 3.63) is 59.4 Å². The number of ether oxygens (including phenoxy) is 1. The van der Waals surface area contributed by atoms with E-state index in [0.717, 1.165) is 24.2 Å². The highest BCUT2D eigenvalue weighted by Gasteiger charge is 2.19. The molecule has 3 rings (SSSR count). The Morgan fingerprint density at radius 3 is 2.83 bits per heavy atom. The first-order chi connectivity index (χ1) is 11.2. The van der Waals surface area contributed by atoms with Crippen molar-refractivity contribution in [1.29, 1.82) is 0 Å². The molecule has 0 saturated carbocycles. The number of pyridine rings is 1. The van der Waals surface area contributed by atoms with Crippen molar-refractivity contribution >= 4 is 5.91 Å². The number of hydrogen-bond acceptors (Lipinski definition) is 3. The third-order valence-electron chi connectivity index (χ3n) is 4.24. The van der Waals surface area contributed by atoms with Gasteiger partial charge in [0.15, 0.2) is 6.10 Å². The van der Waals surface area contributed by atoms with Crippen LogP contribution < -0.4 is 10.1 Å². The SMILES string of the molecule is CC(Oc1cccc2c1CCCC2)C(=O)NCc1ccncc1. The zero-order valence-corrected chi connectivity index (χ0v) is 13.4. The van der Waals surface area contributed by atoms with E-state index in [-0.39, 0.29) is 5.91 Å². The normalized spacial score (nSPS) is 14.7. The summed E-state index contributed by atoms with van der Waals surface area (Å²) in [6.07, 6.45) is 7.50. The number of nitrogens with one attached hydrogen (secondary N) is 1. The maximum absolute atomic E-state index is 12.2. The minimum atomic E-state index is -0.509. The lowest BCUT2D eigenvalue weighted by Gasteiger charge is -2.22. The van der Waals surface area contributed by atoms with Gasteiger partial charge in [0.25, 0.3) is 5.91 Å². The molecule has 1 N–H and O–H groups in total. The molecule has 0 saturated heterocycles. The summed E-state index contributed by atoms with van der Waals surface area (Å²) >= 11 is 0. The van der Waals surface area contributed by atoms with E-state index in [1.54, 1.807) is 19.3 Å². The van der Waals surface area contributed by atoms with Crippen LogP contribution >= 0.6 is 0 Å². The zero-order chi connectivity index (χ0) is 16.1. The van der Waals surface area contributed by atoms with Crippen molar-refractivity contribution in [2.24, 2.45) is 0 Å². The number of fused-ring (bicyclic) bond motifs is 1. The topological polar surface area (TPSA) is 51.2 Å². The molecule has 0 bridgehead atoms. The molecule has 1 aliphatic rings. The second-order valence-electron chi connectivity index (χ2n) is 5.93. The zero-order valence-electron chi connectivity index (χ0n) is 13.4. The van der Waals surface area contributed by atoms with Crippen molar-refractivity contribution in [3.63, 3.8) is 0 Å². The first-order valence-electron chi connectivity index (χ1n) is 8.18. The van der Waals surface area contributed by atoms with E-state index >= 15 is 0 Å². The summed E-state index contributed by atoms with van der Waals surface area (Å²) in [6.45, 7) is 2.28. The second kappa shape index (κ2) is 7.27. The highest BCUT2D eigenvalue weighted by atomic mass is 16.5. The Bertz CT molecular complexity index is 670. The van der Waals surface area contributed by atoms with E-state index < -0.39 is 6.10 Å². The molecule has 1 unspecified atom stereocenters. The molecule has 1 amide bonds. The van der Waals surface area contributed by atoms with Crippen LogP contribution in [0.3, 0.4) is 0 Å². The Balaban J connectivity index is 1.60. The summed E-state index contributed by atoms with van der Waals surface area (Å²) < 4.78 is 5.94. The number of amides is 1. The highest BCUT2D eigenvalue weighted by molar-refractivity contribution is 5.80. The smallest absolute Gasteiger partial charge is 0.261 e. The van der Waals surface area contributed by atoms with Crippen LogP contribution in [0, 0.1) is 0 Å². The van der Waals surface area contributed by atoms with Gasteiger partial charge in [0, 0.05) is 18.9 Å². The quantitative estimate of drug-likeness (QED) is 0.923. The lowest BCUT2D eigenvalue weighted by molar-refractivity contribution is -0.127. The number of hydrogen-bond donors (Lipinski definition) is 1. The maximum atomic E-state index is 12.2. The van der Waals surface area contributed by atoms with E-state index in [0.29, 0.717) is 6.54 Å². The van der Waals surface area contributed by atoms with E-state index in [9.17, 15) is 4.79 Å². The van der Waals surface area contributed by atoms with Gasteiger partial charge in [-0.3, -0.25) is 9.78 Å². The molecule has 1 atom stereocenters. The largest absolute Gasteiger partial charge is 0.481 e.